The first-order valence-electron chi connectivity index (χ1n) is 11.5. The normalized spacial score (nSPS) is 18.0. The SMILES string of the molecule is COC(=O)C1=C(N)Oc2n[nH]c(-c3ccccc3)c2C12C(=O)N(Cc1ccc(F)cc1)c1ccccc12. The van der Waals surface area contributed by atoms with Crippen molar-refractivity contribution in [1.29, 1.82) is 0 Å². The number of nitrogens with zero attached hydrogens (tertiary/aromatic N) is 2. The van der Waals surface area contributed by atoms with E-state index in [4.69, 9.17) is 15.2 Å². The van der Waals surface area contributed by atoms with Crippen molar-refractivity contribution in [1.82, 2.24) is 10.2 Å². The molecule has 2 aliphatic heterocycles. The van der Waals surface area contributed by atoms with Gasteiger partial charge in [0.05, 0.1) is 24.9 Å². The van der Waals surface area contributed by atoms with E-state index < -0.39 is 17.3 Å². The van der Waals surface area contributed by atoms with E-state index in [0.29, 0.717) is 28.1 Å². The molecule has 0 fully saturated rings. The van der Waals surface area contributed by atoms with Crippen molar-refractivity contribution < 1.29 is 23.5 Å². The van der Waals surface area contributed by atoms with Crippen LogP contribution in [0.4, 0.5) is 10.1 Å². The van der Waals surface area contributed by atoms with Crippen molar-refractivity contribution in [2.45, 2.75) is 12.0 Å². The molecule has 184 valence electrons. The fraction of sp³-hybridized carbons (Fsp3) is 0.107. The van der Waals surface area contributed by atoms with Crippen LogP contribution in [0.25, 0.3) is 11.3 Å². The van der Waals surface area contributed by atoms with E-state index in [1.54, 1.807) is 41.3 Å². The van der Waals surface area contributed by atoms with E-state index in [0.717, 1.165) is 5.56 Å². The van der Waals surface area contributed by atoms with Crippen LogP contribution in [0.2, 0.25) is 0 Å². The molecule has 1 aromatic heterocycles. The second-order valence-electron chi connectivity index (χ2n) is 8.76. The topological polar surface area (TPSA) is 111 Å². The third kappa shape index (κ3) is 3.17. The zero-order valence-corrected chi connectivity index (χ0v) is 19.7. The number of carbonyl (C=O) groups is 2. The van der Waals surface area contributed by atoms with Crippen molar-refractivity contribution >= 4 is 17.6 Å². The largest absolute Gasteiger partial charge is 0.465 e. The molecule has 0 saturated heterocycles. The maximum Gasteiger partial charge on any atom is 0.340 e. The second-order valence-corrected chi connectivity index (χ2v) is 8.76. The number of H-pyrrole nitrogens is 1. The van der Waals surface area contributed by atoms with Gasteiger partial charge in [-0.25, -0.2) is 9.18 Å². The van der Waals surface area contributed by atoms with E-state index in [1.807, 2.05) is 30.3 Å². The van der Waals surface area contributed by atoms with Crippen LogP contribution in [0.5, 0.6) is 5.88 Å². The van der Waals surface area contributed by atoms with Crippen LogP contribution in [-0.4, -0.2) is 29.2 Å². The number of para-hydroxylation sites is 1. The highest BCUT2D eigenvalue weighted by Gasteiger charge is 2.62. The van der Waals surface area contributed by atoms with Gasteiger partial charge in [0.1, 0.15) is 16.8 Å². The molecule has 6 rings (SSSR count). The molecular formula is C28H21FN4O4. The lowest BCUT2D eigenvalue weighted by atomic mass is 9.68. The first-order chi connectivity index (χ1) is 18.0. The lowest BCUT2D eigenvalue weighted by Crippen LogP contribution is -2.48. The van der Waals surface area contributed by atoms with Gasteiger partial charge in [0, 0.05) is 16.8 Å². The Balaban J connectivity index is 1.65. The zero-order chi connectivity index (χ0) is 25.7. The lowest BCUT2D eigenvalue weighted by Gasteiger charge is -2.34. The Morgan fingerprint density at radius 1 is 1.08 bits per heavy atom. The Bertz CT molecular complexity index is 1580. The molecule has 1 unspecified atom stereocenters. The Labute approximate surface area is 211 Å². The van der Waals surface area contributed by atoms with Gasteiger partial charge in [-0.05, 0) is 23.8 Å². The number of aromatic nitrogens is 2. The Morgan fingerprint density at radius 3 is 2.51 bits per heavy atom. The van der Waals surface area contributed by atoms with Gasteiger partial charge in [0.15, 0.2) is 0 Å². The predicted octanol–water partition coefficient (Wildman–Crippen LogP) is 3.78. The molecule has 1 amide bonds. The first kappa shape index (κ1) is 22.5. The average molecular weight is 496 g/mol. The zero-order valence-electron chi connectivity index (χ0n) is 19.7. The Hall–Kier alpha value is -4.92. The number of benzene rings is 3. The summed E-state index contributed by atoms with van der Waals surface area (Å²) in [5.41, 5.74) is 7.92. The van der Waals surface area contributed by atoms with E-state index in [-0.39, 0.29) is 29.7 Å². The summed E-state index contributed by atoms with van der Waals surface area (Å²) in [5.74, 6) is -1.77. The molecule has 3 heterocycles. The fourth-order valence-electron chi connectivity index (χ4n) is 5.25. The summed E-state index contributed by atoms with van der Waals surface area (Å²) in [6.07, 6.45) is 0. The number of carbonyl (C=O) groups excluding carboxylic acids is 2. The van der Waals surface area contributed by atoms with Gasteiger partial charge in [-0.3, -0.25) is 9.89 Å². The molecule has 0 aliphatic carbocycles. The van der Waals surface area contributed by atoms with Crippen molar-refractivity contribution in [2.24, 2.45) is 5.73 Å². The molecule has 1 spiro atoms. The molecular weight excluding hydrogens is 475 g/mol. The fourth-order valence-corrected chi connectivity index (χ4v) is 5.25. The van der Waals surface area contributed by atoms with Crippen molar-refractivity contribution in [3.63, 3.8) is 0 Å². The Kier molecular flexibility index (Phi) is 5.08. The monoisotopic (exact) mass is 496 g/mol. The number of nitrogens with two attached hydrogens (primary N) is 1. The smallest absolute Gasteiger partial charge is 0.340 e. The van der Waals surface area contributed by atoms with Crippen molar-refractivity contribution in [3.05, 3.63) is 113 Å². The molecule has 1 atom stereocenters. The predicted molar refractivity (Wildman–Crippen MR) is 133 cm³/mol. The molecule has 0 saturated carbocycles. The summed E-state index contributed by atoms with van der Waals surface area (Å²) >= 11 is 0. The number of hydrogen-bond acceptors (Lipinski definition) is 6. The molecule has 37 heavy (non-hydrogen) atoms. The number of ether oxygens (including phenoxy) is 2. The van der Waals surface area contributed by atoms with Crippen LogP contribution in [0.1, 0.15) is 16.7 Å². The minimum atomic E-state index is -1.69. The molecule has 8 nitrogen and oxygen atoms in total. The van der Waals surface area contributed by atoms with Crippen molar-refractivity contribution in [2.75, 3.05) is 12.0 Å². The number of fused-ring (bicyclic) bond motifs is 4. The number of aromatic amines is 1. The van der Waals surface area contributed by atoms with Gasteiger partial charge in [-0.2, -0.15) is 0 Å². The molecule has 3 N–H and O–H groups in total. The summed E-state index contributed by atoms with van der Waals surface area (Å²) in [4.78, 5) is 29.5. The van der Waals surface area contributed by atoms with Crippen LogP contribution < -0.4 is 15.4 Å². The highest BCUT2D eigenvalue weighted by molar-refractivity contribution is 6.19. The summed E-state index contributed by atoms with van der Waals surface area (Å²) in [5, 5.41) is 7.30. The Morgan fingerprint density at radius 2 is 1.78 bits per heavy atom. The molecule has 3 aromatic carbocycles. The number of nitrogens with one attached hydrogen (secondary N) is 1. The van der Waals surface area contributed by atoms with E-state index in [1.165, 1.54) is 19.2 Å². The molecule has 0 bridgehead atoms. The summed E-state index contributed by atoms with van der Waals surface area (Å²) < 4.78 is 24.5. The van der Waals surface area contributed by atoms with Gasteiger partial charge in [0.25, 0.3) is 0 Å². The summed E-state index contributed by atoms with van der Waals surface area (Å²) in [7, 11) is 1.22. The molecule has 4 aromatic rings. The van der Waals surface area contributed by atoms with Crippen molar-refractivity contribution in [3.8, 4) is 17.1 Å². The van der Waals surface area contributed by atoms with Gasteiger partial charge >= 0.3 is 5.97 Å². The van der Waals surface area contributed by atoms with Gasteiger partial charge < -0.3 is 20.1 Å². The van der Waals surface area contributed by atoms with Crippen LogP contribution in [0.15, 0.2) is 90.3 Å². The minimum absolute atomic E-state index is 0.0933. The summed E-state index contributed by atoms with van der Waals surface area (Å²) in [6.45, 7) is 0.140. The third-order valence-electron chi connectivity index (χ3n) is 6.81. The standard InChI is InChI=1S/C28H21FN4O4/c1-36-26(34)22-24(30)37-25-21(23(31-32-25)17-7-3-2-4-8-17)28(22)19-9-5-6-10-20(19)33(27(28)35)15-16-11-13-18(29)14-12-16/h2-14H,15,30H2,1H3,(H,31,32). The number of halogens is 1. The maximum absolute atomic E-state index is 14.7. The average Bonchev–Trinajstić information content (AvgIpc) is 3.44. The highest BCUT2D eigenvalue weighted by atomic mass is 19.1. The quantitative estimate of drug-likeness (QED) is 0.416. The molecule has 2 aliphatic rings. The first-order valence-corrected chi connectivity index (χ1v) is 11.5. The molecule has 9 heteroatoms. The van der Waals surface area contributed by atoms with Crippen LogP contribution in [0, 0.1) is 5.82 Å². The van der Waals surface area contributed by atoms with E-state index >= 15 is 0 Å². The second kappa shape index (κ2) is 8.34. The lowest BCUT2D eigenvalue weighted by molar-refractivity contribution is -0.138. The van der Waals surface area contributed by atoms with Gasteiger partial charge in [-0.1, -0.05) is 60.7 Å². The van der Waals surface area contributed by atoms with E-state index in [9.17, 15) is 14.0 Å². The maximum atomic E-state index is 14.7. The van der Waals surface area contributed by atoms with Gasteiger partial charge in [0.2, 0.25) is 17.7 Å². The van der Waals surface area contributed by atoms with Gasteiger partial charge in [-0.15, -0.1) is 5.10 Å². The number of rotatable bonds is 4. The van der Waals surface area contributed by atoms with Crippen LogP contribution in [0.3, 0.4) is 0 Å². The molecule has 0 radical (unpaired) electrons. The highest BCUT2D eigenvalue weighted by Crippen LogP contribution is 2.57. The third-order valence-corrected chi connectivity index (χ3v) is 6.81. The van der Waals surface area contributed by atoms with Crippen LogP contribution in [-0.2, 0) is 26.3 Å². The number of methoxy groups -OCH3 is 1. The summed E-state index contributed by atoms with van der Waals surface area (Å²) in [6, 6.07) is 22.4. The number of esters is 1. The van der Waals surface area contributed by atoms with E-state index in [2.05, 4.69) is 10.2 Å². The number of amides is 1. The number of anilines is 1. The van der Waals surface area contributed by atoms with Crippen LogP contribution >= 0.6 is 0 Å². The minimum Gasteiger partial charge on any atom is -0.465 e. The number of hydrogen-bond donors (Lipinski definition) is 2.